The number of nitrogens with zero attached hydrogens (tertiary/aromatic N) is 1. The molecule has 0 bridgehead atoms. The summed E-state index contributed by atoms with van der Waals surface area (Å²) in [5.41, 5.74) is 0.733. The van der Waals surface area contributed by atoms with Crippen molar-refractivity contribution in [2.45, 2.75) is 5.92 Å². The number of carbonyl (C=O) groups is 2. The van der Waals surface area contributed by atoms with Crippen LogP contribution in [0.25, 0.3) is 0 Å². The Morgan fingerprint density at radius 2 is 1.76 bits per heavy atom. The maximum atomic E-state index is 11.5. The van der Waals surface area contributed by atoms with Crippen LogP contribution >= 0.6 is 0 Å². The number of hydrogen-bond donors (Lipinski definition) is 4. The van der Waals surface area contributed by atoms with Crippen molar-refractivity contribution in [2.24, 2.45) is 0 Å². The van der Waals surface area contributed by atoms with Crippen molar-refractivity contribution in [3.05, 3.63) is 53.9 Å². The van der Waals surface area contributed by atoms with Gasteiger partial charge in [-0.1, -0.05) is 12.1 Å². The van der Waals surface area contributed by atoms with E-state index in [0.717, 1.165) is 0 Å². The highest BCUT2D eigenvalue weighted by atomic mass is 16.4. The third-order valence-corrected chi connectivity index (χ3v) is 2.83. The lowest BCUT2D eigenvalue weighted by molar-refractivity contribution is -0.137. The first-order valence-corrected chi connectivity index (χ1v) is 5.95. The Bertz CT molecular complexity index is 669. The summed E-state index contributed by atoms with van der Waals surface area (Å²) in [6, 6.07) is 8.69. The van der Waals surface area contributed by atoms with E-state index in [1.807, 2.05) is 0 Å². The molecule has 0 spiro atoms. The third kappa shape index (κ3) is 3.27. The normalized spacial score (nSPS) is 11.6. The molecule has 1 unspecified atom stereocenters. The summed E-state index contributed by atoms with van der Waals surface area (Å²) in [6.07, 6.45) is 0.186. The molecule has 0 aliphatic carbocycles. The van der Waals surface area contributed by atoms with Crippen LogP contribution < -0.4 is 5.32 Å². The standard InChI is InChI=1S/C14H12N2O5/c17-10-2-1-7-15-12(10)11(13(18)19)8-3-5-9(6-4-8)16-14(20)21/h1-7,11,16-17H,(H,18,19)(H,20,21). The van der Waals surface area contributed by atoms with Crippen molar-refractivity contribution < 1.29 is 24.9 Å². The first kappa shape index (κ1) is 14.3. The van der Waals surface area contributed by atoms with Crippen molar-refractivity contribution >= 4 is 17.7 Å². The summed E-state index contributed by atoms with van der Waals surface area (Å²) >= 11 is 0. The first-order valence-electron chi connectivity index (χ1n) is 5.95. The van der Waals surface area contributed by atoms with Crippen LogP contribution in [0.3, 0.4) is 0 Å². The number of carboxylic acids is 1. The van der Waals surface area contributed by atoms with Crippen molar-refractivity contribution in [3.63, 3.8) is 0 Å². The summed E-state index contributed by atoms with van der Waals surface area (Å²) in [4.78, 5) is 25.9. The number of anilines is 1. The van der Waals surface area contributed by atoms with Gasteiger partial charge in [0.25, 0.3) is 0 Å². The van der Waals surface area contributed by atoms with E-state index in [4.69, 9.17) is 5.11 Å². The molecule has 0 saturated heterocycles. The van der Waals surface area contributed by atoms with Crippen LogP contribution in [0.1, 0.15) is 17.2 Å². The van der Waals surface area contributed by atoms with Gasteiger partial charge in [-0.05, 0) is 29.8 Å². The van der Waals surface area contributed by atoms with Crippen LogP contribution in [-0.4, -0.2) is 32.4 Å². The van der Waals surface area contributed by atoms with Gasteiger partial charge in [-0.15, -0.1) is 0 Å². The number of rotatable bonds is 4. The van der Waals surface area contributed by atoms with Crippen molar-refractivity contribution in [2.75, 3.05) is 5.32 Å². The fourth-order valence-electron chi connectivity index (χ4n) is 1.93. The Hall–Kier alpha value is -3.09. The largest absolute Gasteiger partial charge is 0.506 e. The molecule has 7 nitrogen and oxygen atoms in total. The number of hydrogen-bond acceptors (Lipinski definition) is 4. The van der Waals surface area contributed by atoms with Crippen LogP contribution in [0.5, 0.6) is 5.75 Å². The highest BCUT2D eigenvalue weighted by molar-refractivity contribution is 5.84. The highest BCUT2D eigenvalue weighted by Gasteiger charge is 2.26. The highest BCUT2D eigenvalue weighted by Crippen LogP contribution is 2.30. The van der Waals surface area contributed by atoms with Gasteiger partial charge < -0.3 is 15.3 Å². The minimum Gasteiger partial charge on any atom is -0.506 e. The Labute approximate surface area is 119 Å². The van der Waals surface area contributed by atoms with Crippen LogP contribution in [0.15, 0.2) is 42.6 Å². The molecule has 0 radical (unpaired) electrons. The van der Waals surface area contributed by atoms with Gasteiger partial charge in [0.1, 0.15) is 17.4 Å². The second-order valence-electron chi connectivity index (χ2n) is 4.23. The zero-order valence-electron chi connectivity index (χ0n) is 10.7. The number of aliphatic carboxylic acids is 1. The summed E-state index contributed by atoms with van der Waals surface area (Å²) in [5, 5.41) is 29.9. The molecule has 1 aromatic carbocycles. The van der Waals surface area contributed by atoms with Gasteiger partial charge in [-0.25, -0.2) is 4.79 Å². The molecule has 1 amide bonds. The monoisotopic (exact) mass is 288 g/mol. The smallest absolute Gasteiger partial charge is 0.409 e. The average molecular weight is 288 g/mol. The fourth-order valence-corrected chi connectivity index (χ4v) is 1.93. The SMILES string of the molecule is O=C(O)Nc1ccc(C(C(=O)O)c2ncccc2O)cc1. The van der Waals surface area contributed by atoms with E-state index < -0.39 is 18.0 Å². The van der Waals surface area contributed by atoms with Crippen LogP contribution in [0, 0.1) is 0 Å². The fraction of sp³-hybridized carbons (Fsp3) is 0.0714. The van der Waals surface area contributed by atoms with Crippen molar-refractivity contribution in [1.29, 1.82) is 0 Å². The number of carboxylic acid groups (broad SMARTS) is 2. The lowest BCUT2D eigenvalue weighted by atomic mass is 9.94. The lowest BCUT2D eigenvalue weighted by Crippen LogP contribution is -2.15. The number of pyridine rings is 1. The zero-order valence-corrected chi connectivity index (χ0v) is 10.7. The minimum absolute atomic E-state index is 0.0314. The number of aromatic hydroxyl groups is 1. The molecule has 108 valence electrons. The Balaban J connectivity index is 2.38. The van der Waals surface area contributed by atoms with Crippen LogP contribution in [0.2, 0.25) is 0 Å². The van der Waals surface area contributed by atoms with Gasteiger partial charge in [0.2, 0.25) is 0 Å². The molecule has 2 rings (SSSR count). The number of nitrogens with one attached hydrogen (secondary N) is 1. The van der Waals surface area contributed by atoms with E-state index in [1.54, 1.807) is 0 Å². The van der Waals surface area contributed by atoms with Gasteiger partial charge in [0.15, 0.2) is 0 Å². The quantitative estimate of drug-likeness (QED) is 0.683. The molecule has 21 heavy (non-hydrogen) atoms. The summed E-state index contributed by atoms with van der Waals surface area (Å²) < 4.78 is 0. The molecule has 0 aliphatic heterocycles. The zero-order chi connectivity index (χ0) is 15.4. The van der Waals surface area contributed by atoms with Gasteiger partial charge in [-0.3, -0.25) is 15.1 Å². The molecule has 1 heterocycles. The molecule has 7 heteroatoms. The molecule has 0 aliphatic rings. The summed E-state index contributed by atoms with van der Waals surface area (Å²) in [7, 11) is 0. The van der Waals surface area contributed by atoms with Crippen molar-refractivity contribution in [3.8, 4) is 5.75 Å². The molecule has 1 atom stereocenters. The first-order chi connectivity index (χ1) is 9.99. The van der Waals surface area contributed by atoms with Gasteiger partial charge in [0, 0.05) is 11.9 Å². The van der Waals surface area contributed by atoms with Crippen molar-refractivity contribution in [1.82, 2.24) is 4.98 Å². The molecule has 0 fully saturated rings. The Kier molecular flexibility index (Phi) is 4.03. The molecule has 2 aromatic rings. The number of benzene rings is 1. The Morgan fingerprint density at radius 1 is 1.10 bits per heavy atom. The van der Waals surface area contributed by atoms with Gasteiger partial charge >= 0.3 is 12.1 Å². The van der Waals surface area contributed by atoms with E-state index in [9.17, 15) is 19.8 Å². The molecule has 4 N–H and O–H groups in total. The molecular weight excluding hydrogens is 276 g/mol. The molecule has 1 aromatic heterocycles. The second kappa shape index (κ2) is 5.91. The maximum absolute atomic E-state index is 11.5. The predicted molar refractivity (Wildman–Crippen MR) is 73.5 cm³/mol. The maximum Gasteiger partial charge on any atom is 0.409 e. The van der Waals surface area contributed by atoms with E-state index in [1.165, 1.54) is 42.6 Å². The Morgan fingerprint density at radius 3 is 2.29 bits per heavy atom. The molecular formula is C14H12N2O5. The average Bonchev–Trinajstić information content (AvgIpc) is 2.42. The second-order valence-corrected chi connectivity index (χ2v) is 4.23. The molecule has 0 saturated carbocycles. The van der Waals surface area contributed by atoms with E-state index in [-0.39, 0.29) is 11.4 Å². The topological polar surface area (TPSA) is 120 Å². The number of amides is 1. The van der Waals surface area contributed by atoms with Crippen LogP contribution in [-0.2, 0) is 4.79 Å². The lowest BCUT2D eigenvalue weighted by Gasteiger charge is -2.14. The number of aromatic nitrogens is 1. The van der Waals surface area contributed by atoms with E-state index in [2.05, 4.69) is 10.3 Å². The summed E-state index contributed by atoms with van der Waals surface area (Å²) in [6.45, 7) is 0. The van der Waals surface area contributed by atoms with Gasteiger partial charge in [-0.2, -0.15) is 0 Å². The van der Waals surface area contributed by atoms with E-state index in [0.29, 0.717) is 11.3 Å². The third-order valence-electron chi connectivity index (χ3n) is 2.83. The summed E-state index contributed by atoms with van der Waals surface area (Å²) in [5.74, 6) is -2.51. The van der Waals surface area contributed by atoms with Crippen LogP contribution in [0.4, 0.5) is 10.5 Å². The predicted octanol–water partition coefficient (Wildman–Crippen LogP) is 2.09. The van der Waals surface area contributed by atoms with Gasteiger partial charge in [0.05, 0.1) is 0 Å². The minimum atomic E-state index is -1.21. The van der Waals surface area contributed by atoms with E-state index >= 15 is 0 Å².